The van der Waals surface area contributed by atoms with E-state index in [1.54, 1.807) is 6.92 Å². The van der Waals surface area contributed by atoms with E-state index in [9.17, 15) is 4.79 Å². The van der Waals surface area contributed by atoms with E-state index in [4.69, 9.17) is 0 Å². The first-order valence-corrected chi connectivity index (χ1v) is 9.20. The summed E-state index contributed by atoms with van der Waals surface area (Å²) in [4.78, 5) is 11.6. The normalized spacial score (nSPS) is 13.7. The van der Waals surface area contributed by atoms with Crippen molar-refractivity contribution in [3.05, 3.63) is 0 Å². The van der Waals surface area contributed by atoms with Crippen molar-refractivity contribution in [3.8, 4) is 0 Å². The van der Waals surface area contributed by atoms with Crippen molar-refractivity contribution < 1.29 is 4.79 Å². The molecule has 0 spiro atoms. The van der Waals surface area contributed by atoms with Crippen LogP contribution in [0.15, 0.2) is 0 Å². The Kier molecular flexibility index (Phi) is 7.50. The van der Waals surface area contributed by atoms with E-state index in [2.05, 4.69) is 46.9 Å². The first-order valence-electron chi connectivity index (χ1n) is 6.88. The van der Waals surface area contributed by atoms with E-state index in [1.165, 1.54) is 0 Å². The number of hydrogen-bond donors (Lipinski definition) is 1. The van der Waals surface area contributed by atoms with E-state index >= 15 is 0 Å². The van der Waals surface area contributed by atoms with Crippen LogP contribution in [0.5, 0.6) is 0 Å². The molecule has 0 aliphatic rings. The Balaban J connectivity index is 4.28. The fourth-order valence-corrected chi connectivity index (χ4v) is 5.45. The summed E-state index contributed by atoms with van der Waals surface area (Å²) in [6.07, 6.45) is 0.940. The van der Waals surface area contributed by atoms with E-state index in [0.717, 1.165) is 18.7 Å². The molecule has 19 heavy (non-hydrogen) atoms. The molecule has 0 rings (SSSR count). The molecule has 0 aromatic heterocycles. The van der Waals surface area contributed by atoms with Gasteiger partial charge in [-0.05, 0) is 39.7 Å². The molecule has 0 atom stereocenters. The number of rotatable bonds is 9. The van der Waals surface area contributed by atoms with Crippen molar-refractivity contribution in [2.45, 2.75) is 59.6 Å². The minimum atomic E-state index is -0.213. The number of ketones is 1. The number of Topliss-reactive ketones (excluding diaryl/α,β-unsaturated/α-hetero) is 1. The fraction of sp³-hybridized carbons (Fsp3) is 0.933. The quantitative estimate of drug-likeness (QED) is 0.639. The van der Waals surface area contributed by atoms with E-state index in [1.807, 2.05) is 28.6 Å². The number of carbonyl (C=O) groups excluding carboxylic acids is 1. The summed E-state index contributed by atoms with van der Waals surface area (Å²) in [5.74, 6) is 1.36. The van der Waals surface area contributed by atoms with Crippen LogP contribution in [0, 0.1) is 10.8 Å². The third-order valence-electron chi connectivity index (χ3n) is 3.21. The lowest BCUT2D eigenvalue weighted by Crippen LogP contribution is -2.31. The van der Waals surface area contributed by atoms with Gasteiger partial charge < -0.3 is 5.32 Å². The van der Waals surface area contributed by atoms with Gasteiger partial charge in [-0.15, -0.1) is 0 Å². The molecule has 4 heteroatoms. The van der Waals surface area contributed by atoms with Gasteiger partial charge in [0.2, 0.25) is 0 Å². The van der Waals surface area contributed by atoms with Gasteiger partial charge in [0.15, 0.2) is 0 Å². The van der Waals surface area contributed by atoms with Gasteiger partial charge in [-0.2, -0.15) is 0 Å². The van der Waals surface area contributed by atoms with Gasteiger partial charge in [0, 0.05) is 22.5 Å². The minimum absolute atomic E-state index is 0.183. The van der Waals surface area contributed by atoms with Gasteiger partial charge in [-0.3, -0.25) is 4.79 Å². The molecule has 114 valence electrons. The molecule has 0 saturated heterocycles. The summed E-state index contributed by atoms with van der Waals surface area (Å²) < 4.78 is 0.242. The Morgan fingerprint density at radius 2 is 1.63 bits per heavy atom. The summed E-state index contributed by atoms with van der Waals surface area (Å²) in [5, 5.41) is 3.23. The van der Waals surface area contributed by atoms with Crippen LogP contribution >= 0.6 is 21.6 Å². The zero-order valence-corrected chi connectivity index (χ0v) is 15.5. The lowest BCUT2D eigenvalue weighted by Gasteiger charge is -2.34. The number of nitrogens with one attached hydrogen (secondary N) is 1. The molecule has 2 nitrogen and oxygen atoms in total. The van der Waals surface area contributed by atoms with Crippen LogP contribution in [0.2, 0.25) is 0 Å². The second-order valence-electron chi connectivity index (χ2n) is 7.42. The molecule has 0 unspecified atom stereocenters. The zero-order valence-electron chi connectivity index (χ0n) is 13.8. The number of hydrogen-bond acceptors (Lipinski definition) is 4. The highest BCUT2D eigenvalue weighted by Gasteiger charge is 2.32. The van der Waals surface area contributed by atoms with E-state index < -0.39 is 0 Å². The highest BCUT2D eigenvalue weighted by atomic mass is 33.1. The van der Waals surface area contributed by atoms with Gasteiger partial charge in [0.1, 0.15) is 5.78 Å². The summed E-state index contributed by atoms with van der Waals surface area (Å²) >= 11 is 0. The second-order valence-corrected chi connectivity index (χ2v) is 10.4. The average Bonchev–Trinajstić information content (AvgIpc) is 2.13. The van der Waals surface area contributed by atoms with Crippen LogP contribution in [0.25, 0.3) is 0 Å². The predicted molar refractivity (Wildman–Crippen MR) is 90.9 cm³/mol. The molecular formula is C15H31NOS2. The van der Waals surface area contributed by atoms with Crippen molar-refractivity contribution in [1.29, 1.82) is 0 Å². The molecule has 0 saturated carbocycles. The smallest absolute Gasteiger partial charge is 0.135 e. The fourth-order valence-electron chi connectivity index (χ4n) is 2.18. The van der Waals surface area contributed by atoms with Gasteiger partial charge >= 0.3 is 0 Å². The van der Waals surface area contributed by atoms with Crippen LogP contribution in [0.3, 0.4) is 0 Å². The van der Waals surface area contributed by atoms with Crippen LogP contribution < -0.4 is 5.32 Å². The standard InChI is InChI=1S/C15H31NOS2/c1-12(17)14(4,5)9-13(2,3)11-18-19-15(6,7)10-16-8/h16H,9-11H2,1-8H3. The second kappa shape index (κ2) is 7.37. The van der Waals surface area contributed by atoms with Crippen molar-refractivity contribution in [2.24, 2.45) is 10.8 Å². The summed E-state index contributed by atoms with van der Waals surface area (Å²) in [5.41, 5.74) is -0.0300. The van der Waals surface area contributed by atoms with Gasteiger partial charge in [0.05, 0.1) is 0 Å². The molecule has 0 aliphatic heterocycles. The lowest BCUT2D eigenvalue weighted by molar-refractivity contribution is -0.126. The van der Waals surface area contributed by atoms with E-state index in [-0.39, 0.29) is 21.4 Å². The van der Waals surface area contributed by atoms with Crippen LogP contribution in [-0.4, -0.2) is 29.9 Å². The molecule has 0 bridgehead atoms. The maximum atomic E-state index is 11.6. The minimum Gasteiger partial charge on any atom is -0.318 e. The third kappa shape index (κ3) is 8.26. The highest BCUT2D eigenvalue weighted by molar-refractivity contribution is 8.77. The van der Waals surface area contributed by atoms with Crippen molar-refractivity contribution in [2.75, 3.05) is 19.3 Å². The first-order chi connectivity index (χ1) is 8.42. The Hall–Kier alpha value is 0.330. The molecule has 0 radical (unpaired) electrons. The molecule has 0 aliphatic carbocycles. The van der Waals surface area contributed by atoms with E-state index in [0.29, 0.717) is 0 Å². The van der Waals surface area contributed by atoms with Crippen LogP contribution in [0.4, 0.5) is 0 Å². The topological polar surface area (TPSA) is 29.1 Å². The average molecular weight is 306 g/mol. The predicted octanol–water partition coefficient (Wildman–Crippen LogP) is 4.40. The summed E-state index contributed by atoms with van der Waals surface area (Å²) in [7, 11) is 5.85. The molecule has 0 aromatic rings. The zero-order chi connectivity index (χ0) is 15.3. The molecular weight excluding hydrogens is 274 g/mol. The first kappa shape index (κ1) is 19.3. The maximum Gasteiger partial charge on any atom is 0.135 e. The molecule has 0 amide bonds. The Bertz CT molecular complexity index is 299. The monoisotopic (exact) mass is 305 g/mol. The number of carbonyl (C=O) groups is 1. The Labute approximate surface area is 127 Å². The van der Waals surface area contributed by atoms with Crippen molar-refractivity contribution >= 4 is 27.4 Å². The SMILES string of the molecule is CNCC(C)(C)SSCC(C)(C)CC(C)(C)C(C)=O. The maximum absolute atomic E-state index is 11.6. The molecule has 0 aromatic carbocycles. The van der Waals surface area contributed by atoms with Crippen molar-refractivity contribution in [3.63, 3.8) is 0 Å². The molecule has 0 heterocycles. The Morgan fingerprint density at radius 3 is 2.05 bits per heavy atom. The van der Waals surface area contributed by atoms with Gasteiger partial charge in [-0.25, -0.2) is 0 Å². The Morgan fingerprint density at radius 1 is 1.11 bits per heavy atom. The third-order valence-corrected chi connectivity index (χ3v) is 6.88. The van der Waals surface area contributed by atoms with Gasteiger partial charge in [-0.1, -0.05) is 49.3 Å². The van der Waals surface area contributed by atoms with Crippen LogP contribution in [0.1, 0.15) is 54.9 Å². The lowest BCUT2D eigenvalue weighted by atomic mass is 9.74. The largest absolute Gasteiger partial charge is 0.318 e. The summed E-state index contributed by atoms with van der Waals surface area (Å²) in [6, 6.07) is 0. The molecule has 1 N–H and O–H groups in total. The van der Waals surface area contributed by atoms with Crippen molar-refractivity contribution in [1.82, 2.24) is 5.32 Å². The highest BCUT2D eigenvalue weighted by Crippen LogP contribution is 2.42. The van der Waals surface area contributed by atoms with Crippen LogP contribution in [-0.2, 0) is 4.79 Å². The summed E-state index contributed by atoms with van der Waals surface area (Å²) in [6.45, 7) is 15.9. The van der Waals surface area contributed by atoms with Gasteiger partial charge in [0.25, 0.3) is 0 Å². The molecule has 0 fully saturated rings.